The quantitative estimate of drug-likeness (QED) is 0.868. The zero-order chi connectivity index (χ0) is 16.4. The smallest absolute Gasteiger partial charge is 0.335 e. The molecule has 22 heavy (non-hydrogen) atoms. The number of hydrogen-bond acceptors (Lipinski definition) is 3. The molecule has 118 valence electrons. The molecule has 0 unspecified atom stereocenters. The molecule has 0 radical (unpaired) electrons. The molecule has 1 aromatic carbocycles. The van der Waals surface area contributed by atoms with Crippen molar-refractivity contribution < 1.29 is 9.13 Å². The molecular formula is C15H16ClFN2O3. The molecule has 5 nitrogen and oxygen atoms in total. The van der Waals surface area contributed by atoms with Gasteiger partial charge in [0.1, 0.15) is 11.6 Å². The Balaban J connectivity index is 2.68. The lowest BCUT2D eigenvalue weighted by Gasteiger charge is -2.15. The van der Waals surface area contributed by atoms with E-state index in [2.05, 4.69) is 0 Å². The summed E-state index contributed by atoms with van der Waals surface area (Å²) in [6.07, 6.45) is 1.08. The first-order valence-corrected chi connectivity index (χ1v) is 7.21. The van der Waals surface area contributed by atoms with Crippen LogP contribution in [0, 0.1) is 5.82 Å². The number of ether oxygens (including phenoxy) is 1. The van der Waals surface area contributed by atoms with E-state index in [1.165, 1.54) is 18.3 Å². The lowest BCUT2D eigenvalue weighted by atomic mass is 10.2. The third-order valence-electron chi connectivity index (χ3n) is 3.01. The molecule has 0 N–H and O–H groups in total. The Morgan fingerprint density at radius 3 is 2.59 bits per heavy atom. The summed E-state index contributed by atoms with van der Waals surface area (Å²) in [6.45, 7) is 5.48. The number of aromatic nitrogens is 2. The second kappa shape index (κ2) is 6.36. The molecule has 7 heteroatoms. The predicted molar refractivity (Wildman–Crippen MR) is 82.7 cm³/mol. The molecule has 1 heterocycles. The summed E-state index contributed by atoms with van der Waals surface area (Å²) >= 11 is 5.95. The van der Waals surface area contributed by atoms with E-state index in [0.29, 0.717) is 0 Å². The van der Waals surface area contributed by atoms with Gasteiger partial charge in [-0.2, -0.15) is 0 Å². The first-order chi connectivity index (χ1) is 10.3. The molecule has 0 amide bonds. The number of halogens is 2. The summed E-state index contributed by atoms with van der Waals surface area (Å²) < 4.78 is 21.8. The lowest BCUT2D eigenvalue weighted by Crippen LogP contribution is -2.38. The van der Waals surface area contributed by atoms with Crippen molar-refractivity contribution in [2.75, 3.05) is 0 Å². The Hall–Kier alpha value is -2.08. The van der Waals surface area contributed by atoms with Crippen LogP contribution in [0.4, 0.5) is 4.39 Å². The maximum absolute atomic E-state index is 14.2. The standard InChI is InChI=1S/C15H16ClFN2O3/c1-4-18-14(20)5-6-19(15(18)21)12-8-13(22-9(2)3)10(16)7-11(12)17/h5-9H,4H2,1-3H3. The van der Waals surface area contributed by atoms with Gasteiger partial charge >= 0.3 is 5.69 Å². The monoisotopic (exact) mass is 326 g/mol. The third-order valence-corrected chi connectivity index (χ3v) is 3.30. The highest BCUT2D eigenvalue weighted by atomic mass is 35.5. The minimum Gasteiger partial charge on any atom is -0.489 e. The van der Waals surface area contributed by atoms with E-state index < -0.39 is 17.1 Å². The molecule has 2 rings (SSSR count). The van der Waals surface area contributed by atoms with Crippen molar-refractivity contribution in [3.63, 3.8) is 0 Å². The van der Waals surface area contributed by atoms with Crippen LogP contribution in [0.5, 0.6) is 5.75 Å². The lowest BCUT2D eigenvalue weighted by molar-refractivity contribution is 0.242. The fourth-order valence-electron chi connectivity index (χ4n) is 2.04. The van der Waals surface area contributed by atoms with Gasteiger partial charge < -0.3 is 4.74 Å². The Kier molecular flexibility index (Phi) is 4.71. The van der Waals surface area contributed by atoms with E-state index in [1.807, 2.05) is 13.8 Å². The largest absolute Gasteiger partial charge is 0.489 e. The van der Waals surface area contributed by atoms with Gasteiger partial charge in [-0.15, -0.1) is 0 Å². The number of nitrogens with zero attached hydrogens (tertiary/aromatic N) is 2. The van der Waals surface area contributed by atoms with Crippen molar-refractivity contribution in [2.24, 2.45) is 0 Å². The fraction of sp³-hybridized carbons (Fsp3) is 0.333. The van der Waals surface area contributed by atoms with Crippen molar-refractivity contribution in [2.45, 2.75) is 33.4 Å². The normalized spacial score (nSPS) is 11.0. The van der Waals surface area contributed by atoms with E-state index in [9.17, 15) is 14.0 Å². The van der Waals surface area contributed by atoms with Crippen LogP contribution in [-0.4, -0.2) is 15.2 Å². The summed E-state index contributed by atoms with van der Waals surface area (Å²) in [4.78, 5) is 23.9. The van der Waals surface area contributed by atoms with Crippen molar-refractivity contribution >= 4 is 11.6 Å². The summed E-state index contributed by atoms with van der Waals surface area (Å²) in [5, 5.41) is 0.117. The van der Waals surface area contributed by atoms with Gasteiger partial charge in [-0.05, 0) is 26.8 Å². The Labute approximate surface area is 131 Å². The highest BCUT2D eigenvalue weighted by molar-refractivity contribution is 6.32. The molecule has 0 spiro atoms. The molecule has 0 fully saturated rings. The first-order valence-electron chi connectivity index (χ1n) is 6.83. The maximum Gasteiger partial charge on any atom is 0.335 e. The number of rotatable bonds is 4. The van der Waals surface area contributed by atoms with Crippen LogP contribution in [0.15, 0.2) is 34.0 Å². The fourth-order valence-corrected chi connectivity index (χ4v) is 2.23. The van der Waals surface area contributed by atoms with Gasteiger partial charge in [0.2, 0.25) is 0 Å². The molecule has 0 saturated carbocycles. The average Bonchev–Trinajstić information content (AvgIpc) is 2.43. The minimum absolute atomic E-state index is 0.0211. The van der Waals surface area contributed by atoms with E-state index in [1.54, 1.807) is 6.92 Å². The predicted octanol–water partition coefficient (Wildman–Crippen LogP) is 2.60. The van der Waals surface area contributed by atoms with Gasteiger partial charge in [0, 0.05) is 24.9 Å². The molecule has 0 bridgehead atoms. The number of hydrogen-bond donors (Lipinski definition) is 0. The van der Waals surface area contributed by atoms with E-state index >= 15 is 0 Å². The molecule has 0 aliphatic rings. The molecule has 0 aliphatic carbocycles. The van der Waals surface area contributed by atoms with Gasteiger partial charge in [-0.3, -0.25) is 13.9 Å². The van der Waals surface area contributed by atoms with Crippen molar-refractivity contribution in [3.8, 4) is 11.4 Å². The Morgan fingerprint density at radius 2 is 2.00 bits per heavy atom. The first kappa shape index (κ1) is 16.3. The third kappa shape index (κ3) is 3.06. The number of benzene rings is 1. The van der Waals surface area contributed by atoms with Crippen molar-refractivity contribution in [3.05, 3.63) is 56.1 Å². The van der Waals surface area contributed by atoms with Crippen molar-refractivity contribution in [1.82, 2.24) is 9.13 Å². The van der Waals surface area contributed by atoms with E-state index in [-0.39, 0.29) is 29.1 Å². The minimum atomic E-state index is -0.676. The van der Waals surface area contributed by atoms with Crippen LogP contribution < -0.4 is 16.0 Å². The van der Waals surface area contributed by atoms with Crippen LogP contribution in [0.3, 0.4) is 0 Å². The zero-order valence-electron chi connectivity index (χ0n) is 12.5. The second-order valence-corrected chi connectivity index (χ2v) is 5.36. The molecular weight excluding hydrogens is 311 g/mol. The second-order valence-electron chi connectivity index (χ2n) is 4.95. The van der Waals surface area contributed by atoms with Crippen molar-refractivity contribution in [1.29, 1.82) is 0 Å². The van der Waals surface area contributed by atoms with Crippen LogP contribution in [0.1, 0.15) is 20.8 Å². The molecule has 0 atom stereocenters. The van der Waals surface area contributed by atoms with Crippen LogP contribution in [-0.2, 0) is 6.54 Å². The maximum atomic E-state index is 14.2. The summed E-state index contributed by atoms with van der Waals surface area (Å²) in [7, 11) is 0. The van der Waals surface area contributed by atoms with Gasteiger partial charge in [-0.1, -0.05) is 11.6 Å². The average molecular weight is 327 g/mol. The van der Waals surface area contributed by atoms with Crippen LogP contribution >= 0.6 is 11.6 Å². The molecule has 0 aliphatic heterocycles. The van der Waals surface area contributed by atoms with E-state index in [0.717, 1.165) is 15.2 Å². The van der Waals surface area contributed by atoms with Crippen LogP contribution in [0.25, 0.3) is 5.69 Å². The zero-order valence-corrected chi connectivity index (χ0v) is 13.2. The highest BCUT2D eigenvalue weighted by Gasteiger charge is 2.15. The summed E-state index contributed by atoms with van der Waals surface area (Å²) in [5.74, 6) is -0.404. The van der Waals surface area contributed by atoms with E-state index in [4.69, 9.17) is 16.3 Å². The Morgan fingerprint density at radius 1 is 1.32 bits per heavy atom. The molecule has 2 aromatic rings. The van der Waals surface area contributed by atoms with Gasteiger partial charge in [0.15, 0.2) is 0 Å². The molecule has 0 saturated heterocycles. The molecule has 1 aromatic heterocycles. The van der Waals surface area contributed by atoms with Gasteiger partial charge in [0.25, 0.3) is 5.56 Å². The van der Waals surface area contributed by atoms with Gasteiger partial charge in [0.05, 0.1) is 16.8 Å². The van der Waals surface area contributed by atoms with Gasteiger partial charge in [-0.25, -0.2) is 9.18 Å². The highest BCUT2D eigenvalue weighted by Crippen LogP contribution is 2.29. The topological polar surface area (TPSA) is 53.2 Å². The Bertz CT molecular complexity index is 811. The van der Waals surface area contributed by atoms with Crippen LogP contribution in [0.2, 0.25) is 5.02 Å². The summed E-state index contributed by atoms with van der Waals surface area (Å²) in [6, 6.07) is 3.65. The summed E-state index contributed by atoms with van der Waals surface area (Å²) in [5.41, 5.74) is -1.07. The SMILES string of the molecule is CCn1c(=O)ccn(-c2cc(OC(C)C)c(Cl)cc2F)c1=O.